The van der Waals surface area contributed by atoms with E-state index in [0.717, 1.165) is 0 Å². The van der Waals surface area contributed by atoms with Gasteiger partial charge >= 0.3 is 6.03 Å². The van der Waals surface area contributed by atoms with Crippen molar-refractivity contribution in [2.75, 3.05) is 12.4 Å². The zero-order chi connectivity index (χ0) is 16.8. The minimum Gasteiger partial charge on any atom is -0.495 e. The number of ether oxygens (including phenoxy) is 1. The Balaban J connectivity index is 1.77. The maximum Gasteiger partial charge on any atom is 0.322 e. The lowest BCUT2D eigenvalue weighted by atomic mass is 10.3. The number of nitrogens with one attached hydrogen (secondary N) is 1. The Hall–Kier alpha value is -3.15. The Labute approximate surface area is 139 Å². The number of urea groups is 1. The van der Waals surface area contributed by atoms with Crippen molar-refractivity contribution < 1.29 is 18.4 Å². The van der Waals surface area contributed by atoms with Gasteiger partial charge in [-0.3, -0.25) is 0 Å². The van der Waals surface area contributed by atoms with Gasteiger partial charge in [0.1, 0.15) is 17.3 Å². The summed E-state index contributed by atoms with van der Waals surface area (Å²) in [6.07, 6.45) is 3.16. The predicted octanol–water partition coefficient (Wildman–Crippen LogP) is 4.12. The maximum atomic E-state index is 12.7. The lowest BCUT2D eigenvalue weighted by molar-refractivity contribution is 0.195. The summed E-state index contributed by atoms with van der Waals surface area (Å²) in [5.74, 6) is 1.98. The molecule has 1 aromatic carbocycles. The number of nitrogens with zero attached hydrogens (tertiary/aromatic N) is 1. The number of hydrogen-bond donors (Lipinski definition) is 1. The molecule has 0 aliphatic heterocycles. The second-order valence-corrected chi connectivity index (χ2v) is 5.15. The SMILES string of the molecule is COc1ccccc1NC(=O)N(Cc1ccco1)Cc1ccco1. The highest BCUT2D eigenvalue weighted by atomic mass is 16.5. The van der Waals surface area contributed by atoms with E-state index in [1.807, 2.05) is 24.3 Å². The number of hydrogen-bond acceptors (Lipinski definition) is 4. The van der Waals surface area contributed by atoms with E-state index in [0.29, 0.717) is 36.0 Å². The van der Waals surface area contributed by atoms with E-state index in [4.69, 9.17) is 13.6 Å². The van der Waals surface area contributed by atoms with Gasteiger partial charge in [0.15, 0.2) is 0 Å². The molecule has 3 rings (SSSR count). The highest BCUT2D eigenvalue weighted by Gasteiger charge is 2.18. The highest BCUT2D eigenvalue weighted by molar-refractivity contribution is 5.90. The molecular weight excluding hydrogens is 308 g/mol. The number of para-hydroxylation sites is 2. The standard InChI is InChI=1S/C18H18N2O4/c1-22-17-9-3-2-8-16(17)19-18(21)20(12-14-6-4-10-23-14)13-15-7-5-11-24-15/h2-11H,12-13H2,1H3,(H,19,21). The zero-order valence-corrected chi connectivity index (χ0v) is 13.3. The van der Waals surface area contributed by atoms with E-state index in [1.54, 1.807) is 48.8 Å². The van der Waals surface area contributed by atoms with Crippen LogP contribution in [0.4, 0.5) is 10.5 Å². The van der Waals surface area contributed by atoms with Gasteiger partial charge in [0.25, 0.3) is 0 Å². The first-order chi connectivity index (χ1) is 11.8. The molecule has 6 nitrogen and oxygen atoms in total. The minimum atomic E-state index is -0.271. The van der Waals surface area contributed by atoms with Gasteiger partial charge in [0, 0.05) is 0 Å². The van der Waals surface area contributed by atoms with Crippen LogP contribution in [0.15, 0.2) is 69.9 Å². The first-order valence-corrected chi connectivity index (χ1v) is 7.50. The molecule has 0 bridgehead atoms. The minimum absolute atomic E-state index is 0.271. The van der Waals surface area contributed by atoms with Gasteiger partial charge < -0.3 is 23.8 Å². The molecule has 2 amide bonds. The molecule has 0 unspecified atom stereocenters. The Morgan fingerprint density at radius 2 is 1.62 bits per heavy atom. The maximum absolute atomic E-state index is 12.7. The number of carbonyl (C=O) groups excluding carboxylic acids is 1. The number of carbonyl (C=O) groups is 1. The van der Waals surface area contributed by atoms with Crippen molar-refractivity contribution in [3.05, 3.63) is 72.6 Å². The third kappa shape index (κ3) is 3.78. The van der Waals surface area contributed by atoms with E-state index in [2.05, 4.69) is 5.32 Å². The van der Waals surface area contributed by atoms with Crippen molar-refractivity contribution in [1.29, 1.82) is 0 Å². The van der Waals surface area contributed by atoms with Crippen LogP contribution in [-0.2, 0) is 13.1 Å². The number of amides is 2. The van der Waals surface area contributed by atoms with E-state index >= 15 is 0 Å². The molecule has 0 atom stereocenters. The third-order valence-electron chi connectivity index (χ3n) is 3.49. The average molecular weight is 326 g/mol. The summed E-state index contributed by atoms with van der Waals surface area (Å²) < 4.78 is 16.0. The van der Waals surface area contributed by atoms with Gasteiger partial charge in [-0.25, -0.2) is 4.79 Å². The molecule has 0 aliphatic carbocycles. The van der Waals surface area contributed by atoms with Gasteiger partial charge in [-0.2, -0.15) is 0 Å². The smallest absolute Gasteiger partial charge is 0.322 e. The Morgan fingerprint density at radius 3 is 2.17 bits per heavy atom. The van der Waals surface area contributed by atoms with Crippen LogP contribution in [-0.4, -0.2) is 18.0 Å². The number of anilines is 1. The number of rotatable bonds is 6. The molecule has 6 heteroatoms. The average Bonchev–Trinajstić information content (AvgIpc) is 3.28. The van der Waals surface area contributed by atoms with Crippen molar-refractivity contribution in [2.24, 2.45) is 0 Å². The third-order valence-corrected chi connectivity index (χ3v) is 3.49. The van der Waals surface area contributed by atoms with Crippen LogP contribution in [0.5, 0.6) is 5.75 Å². The second-order valence-electron chi connectivity index (χ2n) is 5.15. The van der Waals surface area contributed by atoms with Crippen LogP contribution in [0.25, 0.3) is 0 Å². The van der Waals surface area contributed by atoms with Crippen molar-refractivity contribution in [3.8, 4) is 5.75 Å². The van der Waals surface area contributed by atoms with Gasteiger partial charge in [-0.15, -0.1) is 0 Å². The first kappa shape index (κ1) is 15.7. The van der Waals surface area contributed by atoms with Crippen molar-refractivity contribution in [1.82, 2.24) is 4.90 Å². The van der Waals surface area contributed by atoms with Crippen molar-refractivity contribution in [3.63, 3.8) is 0 Å². The van der Waals surface area contributed by atoms with E-state index in [-0.39, 0.29) is 6.03 Å². The fraction of sp³-hybridized carbons (Fsp3) is 0.167. The zero-order valence-electron chi connectivity index (χ0n) is 13.3. The Bertz CT molecular complexity index is 730. The lowest BCUT2D eigenvalue weighted by Crippen LogP contribution is -2.34. The fourth-order valence-electron chi connectivity index (χ4n) is 2.32. The fourth-order valence-corrected chi connectivity index (χ4v) is 2.32. The quantitative estimate of drug-likeness (QED) is 0.740. The molecule has 124 valence electrons. The summed E-state index contributed by atoms with van der Waals surface area (Å²) in [6.45, 7) is 0.656. The molecule has 24 heavy (non-hydrogen) atoms. The molecule has 0 saturated carbocycles. The van der Waals surface area contributed by atoms with Gasteiger partial charge in [-0.05, 0) is 36.4 Å². The molecule has 0 spiro atoms. The van der Waals surface area contributed by atoms with Crippen LogP contribution in [0.1, 0.15) is 11.5 Å². The van der Waals surface area contributed by atoms with Crippen LogP contribution >= 0.6 is 0 Å². The molecule has 1 N–H and O–H groups in total. The highest BCUT2D eigenvalue weighted by Crippen LogP contribution is 2.24. The molecule has 2 aromatic heterocycles. The molecular formula is C18H18N2O4. The molecule has 0 aliphatic rings. The van der Waals surface area contributed by atoms with E-state index < -0.39 is 0 Å². The molecule has 3 aromatic rings. The molecule has 0 radical (unpaired) electrons. The van der Waals surface area contributed by atoms with Gasteiger partial charge in [0.05, 0.1) is 38.4 Å². The summed E-state index contributed by atoms with van der Waals surface area (Å²) in [4.78, 5) is 14.3. The van der Waals surface area contributed by atoms with Crippen LogP contribution in [0.2, 0.25) is 0 Å². The first-order valence-electron chi connectivity index (χ1n) is 7.50. The summed E-state index contributed by atoms with van der Waals surface area (Å²) in [5, 5.41) is 2.87. The summed E-state index contributed by atoms with van der Waals surface area (Å²) in [5.41, 5.74) is 0.605. The monoisotopic (exact) mass is 326 g/mol. The molecule has 0 saturated heterocycles. The van der Waals surface area contributed by atoms with Crippen molar-refractivity contribution >= 4 is 11.7 Å². The summed E-state index contributed by atoms with van der Waals surface area (Å²) >= 11 is 0. The van der Waals surface area contributed by atoms with Crippen LogP contribution < -0.4 is 10.1 Å². The number of methoxy groups -OCH3 is 1. The van der Waals surface area contributed by atoms with Gasteiger partial charge in [0.2, 0.25) is 0 Å². The Kier molecular flexibility index (Phi) is 4.86. The summed E-state index contributed by atoms with van der Waals surface area (Å²) in [6, 6.07) is 14.2. The lowest BCUT2D eigenvalue weighted by Gasteiger charge is -2.21. The van der Waals surface area contributed by atoms with Crippen LogP contribution in [0.3, 0.4) is 0 Å². The molecule has 0 fully saturated rings. The second kappa shape index (κ2) is 7.41. The van der Waals surface area contributed by atoms with E-state index in [1.165, 1.54) is 0 Å². The normalized spacial score (nSPS) is 10.4. The number of furan rings is 2. The summed E-state index contributed by atoms with van der Waals surface area (Å²) in [7, 11) is 1.56. The topological polar surface area (TPSA) is 67.8 Å². The van der Waals surface area contributed by atoms with E-state index in [9.17, 15) is 4.79 Å². The largest absolute Gasteiger partial charge is 0.495 e. The van der Waals surface area contributed by atoms with Crippen molar-refractivity contribution in [2.45, 2.75) is 13.1 Å². The predicted molar refractivity (Wildman–Crippen MR) is 88.7 cm³/mol. The molecule has 2 heterocycles. The number of benzene rings is 1. The van der Waals surface area contributed by atoms with Crippen LogP contribution in [0, 0.1) is 0 Å². The Morgan fingerprint density at radius 1 is 1.00 bits per heavy atom. The van der Waals surface area contributed by atoms with Gasteiger partial charge in [-0.1, -0.05) is 12.1 Å².